The zero-order valence-corrected chi connectivity index (χ0v) is 10.7. The first-order valence-corrected chi connectivity index (χ1v) is 5.80. The van der Waals surface area contributed by atoms with E-state index in [-0.39, 0.29) is 0 Å². The van der Waals surface area contributed by atoms with Crippen molar-refractivity contribution in [3.8, 4) is 0 Å². The van der Waals surface area contributed by atoms with Gasteiger partial charge in [0.25, 0.3) is 0 Å². The van der Waals surface area contributed by atoms with Gasteiger partial charge in [-0.05, 0) is 43.1 Å². The molecular formula is C14H23N. The number of hydrogen-bond donors (Lipinski definition) is 0. The highest BCUT2D eigenvalue weighted by molar-refractivity contribution is 5.32. The molecule has 1 nitrogen and oxygen atoms in total. The lowest BCUT2D eigenvalue weighted by molar-refractivity contribution is 0.402. The quantitative estimate of drug-likeness (QED) is 0.728. The van der Waals surface area contributed by atoms with Crippen LogP contribution in [0.5, 0.6) is 0 Å². The van der Waals surface area contributed by atoms with Crippen LogP contribution < -0.4 is 0 Å². The van der Waals surface area contributed by atoms with Gasteiger partial charge in [0.15, 0.2) is 0 Å². The Morgan fingerprint density at radius 3 is 2.13 bits per heavy atom. The average molecular weight is 205 g/mol. The summed E-state index contributed by atoms with van der Waals surface area (Å²) < 4.78 is 0. The van der Waals surface area contributed by atoms with Gasteiger partial charge >= 0.3 is 0 Å². The molecule has 0 aliphatic rings. The van der Waals surface area contributed by atoms with Gasteiger partial charge in [-0.3, -0.25) is 0 Å². The Balaban J connectivity index is 3.00. The van der Waals surface area contributed by atoms with Crippen LogP contribution in [0.25, 0.3) is 0 Å². The summed E-state index contributed by atoms with van der Waals surface area (Å²) in [6.07, 6.45) is 1.13. The fourth-order valence-corrected chi connectivity index (χ4v) is 1.79. The van der Waals surface area contributed by atoms with Gasteiger partial charge in [0.2, 0.25) is 0 Å². The van der Waals surface area contributed by atoms with E-state index in [0.717, 1.165) is 13.0 Å². The Hall–Kier alpha value is -0.820. The first kappa shape index (κ1) is 12.3. The molecule has 0 N–H and O–H groups in total. The Morgan fingerprint density at radius 2 is 1.67 bits per heavy atom. The van der Waals surface area contributed by atoms with Crippen LogP contribution in [-0.4, -0.2) is 19.0 Å². The minimum atomic E-state index is 0.623. The minimum Gasteiger partial charge on any atom is -0.305 e. The first-order chi connectivity index (χ1) is 7.02. The standard InChI is InChI=1S/C14H23N/c1-6-12-7-13(10-15(4)5)9-14(8-12)11(2)3/h7-9,11H,6,10H2,1-5H3. The third-order valence-corrected chi connectivity index (χ3v) is 2.65. The van der Waals surface area contributed by atoms with Gasteiger partial charge in [-0.2, -0.15) is 0 Å². The minimum absolute atomic E-state index is 0.623. The van der Waals surface area contributed by atoms with E-state index in [1.54, 1.807) is 0 Å². The molecule has 1 rings (SSSR count). The Kier molecular flexibility index (Phi) is 4.34. The molecule has 1 heteroatoms. The lowest BCUT2D eigenvalue weighted by Crippen LogP contribution is -2.11. The van der Waals surface area contributed by atoms with Gasteiger partial charge in [0.1, 0.15) is 0 Å². The van der Waals surface area contributed by atoms with Crippen LogP contribution in [-0.2, 0) is 13.0 Å². The Labute approximate surface area is 94.1 Å². The summed E-state index contributed by atoms with van der Waals surface area (Å²) in [5, 5.41) is 0. The van der Waals surface area contributed by atoms with Crippen molar-refractivity contribution >= 4 is 0 Å². The summed E-state index contributed by atoms with van der Waals surface area (Å²) in [6, 6.07) is 7.00. The van der Waals surface area contributed by atoms with Crippen LogP contribution in [0.3, 0.4) is 0 Å². The molecular weight excluding hydrogens is 182 g/mol. The molecule has 84 valence electrons. The van der Waals surface area contributed by atoms with Crippen molar-refractivity contribution in [2.24, 2.45) is 0 Å². The van der Waals surface area contributed by atoms with Crippen molar-refractivity contribution in [3.05, 3.63) is 34.9 Å². The maximum absolute atomic E-state index is 2.34. The van der Waals surface area contributed by atoms with Crippen molar-refractivity contribution in [1.82, 2.24) is 4.90 Å². The summed E-state index contributed by atoms with van der Waals surface area (Å²) in [5.74, 6) is 0.623. The normalized spacial score (nSPS) is 11.4. The molecule has 15 heavy (non-hydrogen) atoms. The summed E-state index contributed by atoms with van der Waals surface area (Å²) in [5.41, 5.74) is 4.35. The smallest absolute Gasteiger partial charge is 0.0227 e. The predicted octanol–water partition coefficient (Wildman–Crippen LogP) is 3.43. The summed E-state index contributed by atoms with van der Waals surface area (Å²) in [7, 11) is 4.24. The van der Waals surface area contributed by atoms with E-state index < -0.39 is 0 Å². The summed E-state index contributed by atoms with van der Waals surface area (Å²) in [4.78, 5) is 2.22. The van der Waals surface area contributed by atoms with Gasteiger partial charge in [-0.1, -0.05) is 39.0 Å². The molecule has 0 unspecified atom stereocenters. The summed E-state index contributed by atoms with van der Waals surface area (Å²) in [6.45, 7) is 7.77. The van der Waals surface area contributed by atoms with E-state index in [0.29, 0.717) is 5.92 Å². The van der Waals surface area contributed by atoms with Crippen molar-refractivity contribution < 1.29 is 0 Å². The van der Waals surface area contributed by atoms with Crippen LogP contribution in [0.1, 0.15) is 43.4 Å². The second-order valence-electron chi connectivity index (χ2n) is 4.83. The second-order valence-corrected chi connectivity index (χ2v) is 4.83. The van der Waals surface area contributed by atoms with Gasteiger partial charge in [0.05, 0.1) is 0 Å². The number of nitrogens with zero attached hydrogens (tertiary/aromatic N) is 1. The molecule has 0 saturated heterocycles. The molecule has 0 spiro atoms. The Morgan fingerprint density at radius 1 is 1.07 bits per heavy atom. The van der Waals surface area contributed by atoms with E-state index in [4.69, 9.17) is 0 Å². The highest BCUT2D eigenvalue weighted by atomic mass is 15.0. The van der Waals surface area contributed by atoms with Crippen molar-refractivity contribution in [2.75, 3.05) is 14.1 Å². The molecule has 0 heterocycles. The third-order valence-electron chi connectivity index (χ3n) is 2.65. The van der Waals surface area contributed by atoms with Crippen molar-refractivity contribution in [3.63, 3.8) is 0 Å². The van der Waals surface area contributed by atoms with E-state index in [9.17, 15) is 0 Å². The van der Waals surface area contributed by atoms with Crippen LogP contribution in [0.15, 0.2) is 18.2 Å². The zero-order valence-electron chi connectivity index (χ0n) is 10.7. The van der Waals surface area contributed by atoms with Crippen molar-refractivity contribution in [2.45, 2.75) is 39.7 Å². The third kappa shape index (κ3) is 3.67. The van der Waals surface area contributed by atoms with Crippen molar-refractivity contribution in [1.29, 1.82) is 0 Å². The van der Waals surface area contributed by atoms with Crippen LogP contribution in [0, 0.1) is 0 Å². The fraction of sp³-hybridized carbons (Fsp3) is 0.571. The number of aryl methyl sites for hydroxylation is 1. The highest BCUT2D eigenvalue weighted by Crippen LogP contribution is 2.19. The van der Waals surface area contributed by atoms with Crippen LogP contribution >= 0.6 is 0 Å². The largest absolute Gasteiger partial charge is 0.305 e. The van der Waals surface area contributed by atoms with E-state index in [1.807, 2.05) is 0 Å². The fourth-order valence-electron chi connectivity index (χ4n) is 1.79. The second kappa shape index (κ2) is 5.32. The molecule has 0 bridgehead atoms. The molecule has 0 saturated carbocycles. The molecule has 0 amide bonds. The molecule has 0 fully saturated rings. The van der Waals surface area contributed by atoms with E-state index >= 15 is 0 Å². The van der Waals surface area contributed by atoms with E-state index in [1.165, 1.54) is 16.7 Å². The topological polar surface area (TPSA) is 3.24 Å². The Bertz CT molecular complexity index is 313. The maximum atomic E-state index is 2.34. The number of rotatable bonds is 4. The molecule has 0 radical (unpaired) electrons. The summed E-state index contributed by atoms with van der Waals surface area (Å²) >= 11 is 0. The number of hydrogen-bond acceptors (Lipinski definition) is 1. The molecule has 0 atom stereocenters. The van der Waals surface area contributed by atoms with Gasteiger partial charge in [-0.25, -0.2) is 0 Å². The monoisotopic (exact) mass is 205 g/mol. The SMILES string of the molecule is CCc1cc(CN(C)C)cc(C(C)C)c1. The molecule has 1 aromatic rings. The lowest BCUT2D eigenvalue weighted by atomic mass is 9.96. The van der Waals surface area contributed by atoms with Crippen LogP contribution in [0.2, 0.25) is 0 Å². The van der Waals surface area contributed by atoms with Crippen LogP contribution in [0.4, 0.5) is 0 Å². The lowest BCUT2D eigenvalue weighted by Gasteiger charge is -2.14. The molecule has 0 aliphatic heterocycles. The van der Waals surface area contributed by atoms with E-state index in [2.05, 4.69) is 58.0 Å². The molecule has 0 aliphatic carbocycles. The zero-order chi connectivity index (χ0) is 11.4. The predicted molar refractivity (Wildman–Crippen MR) is 67.3 cm³/mol. The van der Waals surface area contributed by atoms with Gasteiger partial charge in [0, 0.05) is 6.54 Å². The number of benzene rings is 1. The average Bonchev–Trinajstić information content (AvgIpc) is 2.16. The maximum Gasteiger partial charge on any atom is 0.0227 e. The highest BCUT2D eigenvalue weighted by Gasteiger charge is 2.04. The van der Waals surface area contributed by atoms with Gasteiger partial charge in [-0.15, -0.1) is 0 Å². The molecule has 0 aromatic heterocycles. The molecule has 1 aromatic carbocycles. The first-order valence-electron chi connectivity index (χ1n) is 5.80. The van der Waals surface area contributed by atoms with Gasteiger partial charge < -0.3 is 4.90 Å².